The Bertz CT molecular complexity index is 1840. The van der Waals surface area contributed by atoms with Crippen LogP contribution in [0, 0.1) is 0 Å². The maximum atomic E-state index is 13.7. The molecule has 3 atom stereocenters. The molecule has 64 heavy (non-hydrogen) atoms. The van der Waals surface area contributed by atoms with Gasteiger partial charge in [0.15, 0.2) is 5.60 Å². The Morgan fingerprint density at radius 2 is 0.969 bits per heavy atom. The molecule has 3 aromatic rings. The average Bonchev–Trinajstić information content (AvgIpc) is 3.57. The van der Waals surface area contributed by atoms with Gasteiger partial charge in [-0.05, 0) is 50.2 Å². The van der Waals surface area contributed by atoms with Crippen molar-refractivity contribution in [3.63, 3.8) is 0 Å². The molecule has 0 amide bonds. The summed E-state index contributed by atoms with van der Waals surface area (Å²) in [5.74, 6) is -1.03. The third kappa shape index (κ3) is 16.6. The molecule has 0 radical (unpaired) electrons. The Labute approximate surface area is 378 Å². The van der Waals surface area contributed by atoms with Gasteiger partial charge < -0.3 is 62.1 Å². The minimum absolute atomic E-state index is 0.144. The van der Waals surface area contributed by atoms with Crippen molar-refractivity contribution in [3.05, 3.63) is 89.0 Å². The highest BCUT2D eigenvalue weighted by Gasteiger charge is 2.48. The zero-order chi connectivity index (χ0) is 46.3. The average molecular weight is 896 g/mol. The highest BCUT2D eigenvalue weighted by molar-refractivity contribution is 5.97. The molecule has 354 valence electrons. The fourth-order valence-electron chi connectivity index (χ4n) is 6.88. The van der Waals surface area contributed by atoms with Crippen LogP contribution in [0.5, 0.6) is 0 Å². The standard InChI is InChI=1S/C48H69N3O13/c1-36(60-29-25-55-23-24-56-27-31-62-38(3)52)34-58-21-19-51(20-22-59-35-37(2)61-30-26-57-28-32-63-39(4)53)43-15-11-41(12-16-43)48(40-9-13-42(14-10-40)49(5)6)46-18-17-44(50(7)8)33-45(46)47(54)64-48/h9-18,33,36-37H,19-32,34-35H2,1-8H3. The Balaban J connectivity index is 1.39. The number of fused-ring (bicyclic) bond motifs is 1. The molecule has 3 unspecified atom stereocenters. The largest absolute Gasteiger partial charge is 0.463 e. The second-order valence-corrected chi connectivity index (χ2v) is 15.7. The van der Waals surface area contributed by atoms with Crippen LogP contribution in [0.2, 0.25) is 0 Å². The molecular formula is C48H69N3O13. The number of anilines is 3. The maximum absolute atomic E-state index is 13.7. The molecule has 0 N–H and O–H groups in total. The van der Waals surface area contributed by atoms with Gasteiger partial charge in [-0.3, -0.25) is 9.59 Å². The van der Waals surface area contributed by atoms with E-state index in [1.54, 1.807) is 0 Å². The summed E-state index contributed by atoms with van der Waals surface area (Å²) < 4.78 is 56.5. The van der Waals surface area contributed by atoms with E-state index < -0.39 is 5.60 Å². The quantitative estimate of drug-likeness (QED) is 0.0463. The molecule has 16 nitrogen and oxygen atoms in total. The number of cyclic esters (lactones) is 1. The number of carbonyl (C=O) groups is 3. The molecule has 0 spiro atoms. The van der Waals surface area contributed by atoms with Crippen molar-refractivity contribution in [2.24, 2.45) is 0 Å². The lowest BCUT2D eigenvalue weighted by Crippen LogP contribution is -2.33. The van der Waals surface area contributed by atoms with E-state index in [2.05, 4.69) is 17.0 Å². The molecule has 0 saturated heterocycles. The predicted octanol–water partition coefficient (Wildman–Crippen LogP) is 5.11. The number of hydrogen-bond donors (Lipinski definition) is 0. The molecule has 1 aliphatic heterocycles. The van der Waals surface area contributed by atoms with Crippen LogP contribution >= 0.6 is 0 Å². The molecule has 16 heteroatoms. The van der Waals surface area contributed by atoms with Gasteiger partial charge in [0.25, 0.3) is 0 Å². The van der Waals surface area contributed by atoms with E-state index >= 15 is 0 Å². The van der Waals surface area contributed by atoms with Crippen LogP contribution in [0.3, 0.4) is 0 Å². The summed E-state index contributed by atoms with van der Waals surface area (Å²) >= 11 is 0. The maximum Gasteiger partial charge on any atom is 0.340 e. The molecule has 0 bridgehead atoms. The van der Waals surface area contributed by atoms with E-state index in [4.69, 9.17) is 47.4 Å². The SMILES string of the molecule is CC(=O)OCCOCCOCCOC(C)COCCN(CCOCC(C)OCCOCCOC(C)=O)c1ccc(C2(c3ccc(N(C)C)cc3)OC(=O)c3cc(N(C)C)ccc32)cc1. The third-order valence-electron chi connectivity index (χ3n) is 10.2. The summed E-state index contributed by atoms with van der Waals surface area (Å²) in [4.78, 5) is 41.6. The fraction of sp³-hybridized carbons (Fsp3) is 0.562. The highest BCUT2D eigenvalue weighted by Crippen LogP contribution is 2.48. The van der Waals surface area contributed by atoms with Crippen molar-refractivity contribution in [1.29, 1.82) is 0 Å². The number of esters is 3. The van der Waals surface area contributed by atoms with E-state index in [0.29, 0.717) is 97.9 Å². The van der Waals surface area contributed by atoms with E-state index in [1.807, 2.05) is 106 Å². The van der Waals surface area contributed by atoms with Gasteiger partial charge in [-0.15, -0.1) is 0 Å². The van der Waals surface area contributed by atoms with Gasteiger partial charge >= 0.3 is 17.9 Å². The molecule has 0 saturated carbocycles. The second kappa shape index (κ2) is 27.5. The molecule has 4 rings (SSSR count). The van der Waals surface area contributed by atoms with Gasteiger partial charge in [0.05, 0.1) is 97.1 Å². The van der Waals surface area contributed by atoms with Gasteiger partial charge in [0, 0.05) is 88.9 Å². The lowest BCUT2D eigenvalue weighted by Gasteiger charge is -2.32. The fourth-order valence-corrected chi connectivity index (χ4v) is 6.88. The van der Waals surface area contributed by atoms with E-state index in [0.717, 1.165) is 33.8 Å². The van der Waals surface area contributed by atoms with Crippen molar-refractivity contribution in [2.45, 2.75) is 45.5 Å². The van der Waals surface area contributed by atoms with E-state index in [-0.39, 0.29) is 43.3 Å². The zero-order valence-corrected chi connectivity index (χ0v) is 39.0. The van der Waals surface area contributed by atoms with Crippen LogP contribution in [0.25, 0.3) is 0 Å². The smallest absolute Gasteiger partial charge is 0.340 e. The predicted molar refractivity (Wildman–Crippen MR) is 244 cm³/mol. The number of nitrogens with zero attached hydrogens (tertiary/aromatic N) is 3. The van der Waals surface area contributed by atoms with Crippen LogP contribution < -0.4 is 14.7 Å². The first kappa shape index (κ1) is 51.8. The Hall–Kier alpha value is -4.81. The van der Waals surface area contributed by atoms with Crippen molar-refractivity contribution in [2.75, 3.05) is 148 Å². The molecule has 0 fully saturated rings. The molecular weight excluding hydrogens is 827 g/mol. The minimum atomic E-state index is -1.15. The molecule has 3 aromatic carbocycles. The summed E-state index contributed by atoms with van der Waals surface area (Å²) in [6.45, 7) is 13.0. The molecule has 0 aliphatic carbocycles. The normalized spacial score (nSPS) is 15.3. The highest BCUT2D eigenvalue weighted by atomic mass is 16.6. The van der Waals surface area contributed by atoms with Crippen molar-refractivity contribution >= 4 is 35.0 Å². The van der Waals surface area contributed by atoms with Gasteiger partial charge in [-0.1, -0.05) is 30.3 Å². The first-order chi connectivity index (χ1) is 30.8. The number of carbonyl (C=O) groups excluding carboxylic acids is 3. The van der Waals surface area contributed by atoms with Gasteiger partial charge in [0.2, 0.25) is 0 Å². The lowest BCUT2D eigenvalue weighted by molar-refractivity contribution is -0.143. The van der Waals surface area contributed by atoms with E-state index in [9.17, 15) is 14.4 Å². The van der Waals surface area contributed by atoms with Crippen LogP contribution in [0.4, 0.5) is 17.1 Å². The summed E-state index contributed by atoms with van der Waals surface area (Å²) in [6, 6.07) is 22.2. The molecule has 1 aliphatic rings. The lowest BCUT2D eigenvalue weighted by atomic mass is 9.79. The number of hydrogen-bond acceptors (Lipinski definition) is 16. The second-order valence-electron chi connectivity index (χ2n) is 15.7. The van der Waals surface area contributed by atoms with Crippen LogP contribution in [0.15, 0.2) is 66.7 Å². The van der Waals surface area contributed by atoms with Crippen LogP contribution in [-0.2, 0) is 62.6 Å². The Kier molecular flexibility index (Phi) is 22.3. The number of benzene rings is 3. The topological polar surface area (TPSA) is 153 Å². The zero-order valence-electron chi connectivity index (χ0n) is 39.0. The first-order valence-corrected chi connectivity index (χ1v) is 21.9. The van der Waals surface area contributed by atoms with E-state index in [1.165, 1.54) is 13.8 Å². The Morgan fingerprint density at radius 3 is 1.42 bits per heavy atom. The minimum Gasteiger partial charge on any atom is -0.463 e. The van der Waals surface area contributed by atoms with Gasteiger partial charge in [0.1, 0.15) is 13.2 Å². The first-order valence-electron chi connectivity index (χ1n) is 21.9. The van der Waals surface area contributed by atoms with Crippen molar-refractivity contribution < 1.29 is 61.8 Å². The Morgan fingerprint density at radius 1 is 0.547 bits per heavy atom. The summed E-state index contributed by atoms with van der Waals surface area (Å²) in [7, 11) is 7.88. The van der Waals surface area contributed by atoms with Crippen molar-refractivity contribution in [1.82, 2.24) is 0 Å². The van der Waals surface area contributed by atoms with Gasteiger partial charge in [-0.25, -0.2) is 4.79 Å². The summed E-state index contributed by atoms with van der Waals surface area (Å²) in [6.07, 6.45) is -0.296. The van der Waals surface area contributed by atoms with Crippen LogP contribution in [0.1, 0.15) is 54.7 Å². The molecule has 0 aromatic heterocycles. The number of rotatable bonds is 32. The monoisotopic (exact) mass is 895 g/mol. The van der Waals surface area contributed by atoms with Crippen molar-refractivity contribution in [3.8, 4) is 0 Å². The third-order valence-corrected chi connectivity index (χ3v) is 10.2. The number of ether oxygens (including phenoxy) is 10. The summed E-state index contributed by atoms with van der Waals surface area (Å²) in [5.41, 5.74) is 4.76. The summed E-state index contributed by atoms with van der Waals surface area (Å²) in [5, 5.41) is 0. The van der Waals surface area contributed by atoms with Gasteiger partial charge in [-0.2, -0.15) is 0 Å². The van der Waals surface area contributed by atoms with Crippen LogP contribution in [-0.4, -0.2) is 164 Å². The molecule has 1 heterocycles.